The van der Waals surface area contributed by atoms with Crippen molar-refractivity contribution in [3.63, 3.8) is 0 Å². The predicted octanol–water partition coefficient (Wildman–Crippen LogP) is 3.21. The van der Waals surface area contributed by atoms with Crippen LogP contribution in [-0.4, -0.2) is 48.6 Å². The minimum absolute atomic E-state index is 0.0329. The van der Waals surface area contributed by atoms with Crippen LogP contribution in [0.15, 0.2) is 67.3 Å². The molecule has 1 aliphatic rings. The lowest BCUT2D eigenvalue weighted by Crippen LogP contribution is -2.62. The van der Waals surface area contributed by atoms with E-state index in [1.165, 1.54) is 0 Å². The monoisotopic (exact) mass is 392 g/mol. The van der Waals surface area contributed by atoms with Gasteiger partial charge in [0.25, 0.3) is 5.91 Å². The fraction of sp³-hybridized carbons (Fsp3) is 0.333. The smallest absolute Gasteiger partial charge is 0.254 e. The normalized spacial score (nSPS) is 18.9. The molecule has 0 saturated carbocycles. The van der Waals surface area contributed by atoms with Crippen LogP contribution in [0.4, 0.5) is 0 Å². The molecular weight excluding hydrogens is 364 g/mol. The van der Waals surface area contributed by atoms with E-state index in [0.717, 1.165) is 16.7 Å². The SMILES string of the molecule is C=CCNC(=O)[C@]1(Cc2ccccc2-c2ccccc2)CN(C(=O)CC)CCO1. The van der Waals surface area contributed by atoms with Crippen LogP contribution in [-0.2, 0) is 20.7 Å². The molecule has 0 radical (unpaired) electrons. The van der Waals surface area contributed by atoms with Gasteiger partial charge in [0.2, 0.25) is 5.91 Å². The quantitative estimate of drug-likeness (QED) is 0.736. The zero-order valence-electron chi connectivity index (χ0n) is 16.9. The van der Waals surface area contributed by atoms with Crippen LogP contribution in [0, 0.1) is 0 Å². The van der Waals surface area contributed by atoms with Crippen LogP contribution >= 0.6 is 0 Å². The van der Waals surface area contributed by atoms with Gasteiger partial charge < -0.3 is 15.0 Å². The lowest BCUT2D eigenvalue weighted by Gasteiger charge is -2.42. The summed E-state index contributed by atoms with van der Waals surface area (Å²) >= 11 is 0. The Balaban J connectivity index is 1.97. The second-order valence-electron chi connectivity index (χ2n) is 7.21. The summed E-state index contributed by atoms with van der Waals surface area (Å²) in [5.41, 5.74) is 2.03. The Kier molecular flexibility index (Phi) is 6.83. The average molecular weight is 392 g/mol. The maximum Gasteiger partial charge on any atom is 0.254 e. The molecule has 0 aromatic heterocycles. The van der Waals surface area contributed by atoms with Gasteiger partial charge in [0.05, 0.1) is 13.2 Å². The largest absolute Gasteiger partial charge is 0.361 e. The first-order chi connectivity index (χ1) is 14.1. The number of ether oxygens (including phenoxy) is 1. The molecule has 0 spiro atoms. The van der Waals surface area contributed by atoms with Crippen molar-refractivity contribution >= 4 is 11.8 Å². The highest BCUT2D eigenvalue weighted by molar-refractivity contribution is 5.88. The van der Waals surface area contributed by atoms with Gasteiger partial charge in [-0.15, -0.1) is 6.58 Å². The molecule has 1 heterocycles. The van der Waals surface area contributed by atoms with E-state index in [1.807, 2.05) is 43.3 Å². The first kappa shape index (κ1) is 20.8. The van der Waals surface area contributed by atoms with Gasteiger partial charge in [-0.2, -0.15) is 0 Å². The number of nitrogens with zero attached hydrogens (tertiary/aromatic N) is 1. The van der Waals surface area contributed by atoms with Crippen LogP contribution in [0.5, 0.6) is 0 Å². The van der Waals surface area contributed by atoms with Crippen molar-refractivity contribution in [2.75, 3.05) is 26.2 Å². The van der Waals surface area contributed by atoms with Gasteiger partial charge >= 0.3 is 0 Å². The molecule has 5 nitrogen and oxygen atoms in total. The third kappa shape index (κ3) is 4.74. The minimum atomic E-state index is -1.13. The number of benzene rings is 2. The second-order valence-corrected chi connectivity index (χ2v) is 7.21. The Morgan fingerprint density at radius 3 is 2.62 bits per heavy atom. The van der Waals surface area contributed by atoms with Gasteiger partial charge in [-0.25, -0.2) is 0 Å². The van der Waals surface area contributed by atoms with E-state index in [4.69, 9.17) is 4.74 Å². The third-order valence-corrected chi connectivity index (χ3v) is 5.24. The van der Waals surface area contributed by atoms with Gasteiger partial charge in [-0.3, -0.25) is 9.59 Å². The summed E-state index contributed by atoms with van der Waals surface area (Å²) < 4.78 is 6.10. The fourth-order valence-electron chi connectivity index (χ4n) is 3.75. The van der Waals surface area contributed by atoms with Crippen molar-refractivity contribution in [2.24, 2.45) is 0 Å². The molecule has 1 fully saturated rings. The topological polar surface area (TPSA) is 58.6 Å². The van der Waals surface area contributed by atoms with E-state index >= 15 is 0 Å². The van der Waals surface area contributed by atoms with Crippen LogP contribution < -0.4 is 5.32 Å². The van der Waals surface area contributed by atoms with E-state index < -0.39 is 5.60 Å². The first-order valence-corrected chi connectivity index (χ1v) is 10.0. The fourth-order valence-corrected chi connectivity index (χ4v) is 3.75. The number of morpholine rings is 1. The number of nitrogens with one attached hydrogen (secondary N) is 1. The highest BCUT2D eigenvalue weighted by Crippen LogP contribution is 2.30. The minimum Gasteiger partial charge on any atom is -0.361 e. The summed E-state index contributed by atoms with van der Waals surface area (Å²) in [6, 6.07) is 18.1. The third-order valence-electron chi connectivity index (χ3n) is 5.24. The van der Waals surface area contributed by atoms with E-state index in [9.17, 15) is 9.59 Å². The molecule has 3 rings (SSSR count). The summed E-state index contributed by atoms with van der Waals surface area (Å²) in [5.74, 6) is -0.181. The summed E-state index contributed by atoms with van der Waals surface area (Å²) in [4.78, 5) is 27.3. The second kappa shape index (κ2) is 9.52. The highest BCUT2D eigenvalue weighted by atomic mass is 16.5. The van der Waals surface area contributed by atoms with E-state index in [-0.39, 0.29) is 18.4 Å². The number of carbonyl (C=O) groups is 2. The van der Waals surface area contributed by atoms with Crippen LogP contribution in [0.2, 0.25) is 0 Å². The standard InChI is InChI=1S/C24H28N2O3/c1-3-14-25-23(28)24(18-26(15-16-29-24)22(27)4-2)17-20-12-8-9-13-21(20)19-10-6-5-7-11-19/h3,5-13H,1,4,14-18H2,2H3,(H,25,28)/t24-/m0/s1. The van der Waals surface area contributed by atoms with E-state index in [1.54, 1.807) is 11.0 Å². The van der Waals surface area contributed by atoms with Gasteiger partial charge in [-0.05, 0) is 16.7 Å². The van der Waals surface area contributed by atoms with Crippen molar-refractivity contribution in [3.05, 3.63) is 72.8 Å². The van der Waals surface area contributed by atoms with Crippen LogP contribution in [0.3, 0.4) is 0 Å². The highest BCUT2D eigenvalue weighted by Gasteiger charge is 2.45. The molecule has 2 aromatic carbocycles. The predicted molar refractivity (Wildman–Crippen MR) is 114 cm³/mol. The van der Waals surface area contributed by atoms with Crippen molar-refractivity contribution in [1.82, 2.24) is 10.2 Å². The summed E-state index contributed by atoms with van der Waals surface area (Å²) in [6.45, 7) is 6.94. The van der Waals surface area contributed by atoms with Gasteiger partial charge in [0, 0.05) is 25.9 Å². The molecule has 2 aromatic rings. The Labute approximate surface area is 172 Å². The molecule has 0 bridgehead atoms. The van der Waals surface area contributed by atoms with Crippen molar-refractivity contribution in [1.29, 1.82) is 0 Å². The van der Waals surface area contributed by atoms with Gasteiger partial charge in [0.15, 0.2) is 5.60 Å². The molecule has 29 heavy (non-hydrogen) atoms. The van der Waals surface area contributed by atoms with Crippen molar-refractivity contribution in [2.45, 2.75) is 25.4 Å². The van der Waals surface area contributed by atoms with Crippen molar-refractivity contribution < 1.29 is 14.3 Å². The van der Waals surface area contributed by atoms with E-state index in [2.05, 4.69) is 30.1 Å². The van der Waals surface area contributed by atoms with Crippen LogP contribution in [0.1, 0.15) is 18.9 Å². The molecule has 5 heteroatoms. The van der Waals surface area contributed by atoms with Gasteiger partial charge in [-0.1, -0.05) is 67.6 Å². The summed E-state index contributed by atoms with van der Waals surface area (Å²) in [7, 11) is 0. The first-order valence-electron chi connectivity index (χ1n) is 10.0. The number of amides is 2. The molecular formula is C24H28N2O3. The lowest BCUT2D eigenvalue weighted by atomic mass is 9.87. The van der Waals surface area contributed by atoms with Gasteiger partial charge in [0.1, 0.15) is 0 Å². The maximum absolute atomic E-state index is 13.2. The summed E-state index contributed by atoms with van der Waals surface area (Å²) in [5, 5.41) is 2.88. The summed E-state index contributed by atoms with van der Waals surface area (Å²) in [6.07, 6.45) is 2.43. The molecule has 152 valence electrons. The molecule has 1 aliphatic heterocycles. The van der Waals surface area contributed by atoms with Crippen LogP contribution in [0.25, 0.3) is 11.1 Å². The molecule has 2 amide bonds. The zero-order chi connectivity index (χ0) is 20.7. The maximum atomic E-state index is 13.2. The lowest BCUT2D eigenvalue weighted by molar-refractivity contribution is -0.165. The molecule has 1 atom stereocenters. The number of carbonyl (C=O) groups excluding carboxylic acids is 2. The molecule has 0 unspecified atom stereocenters. The number of hydrogen-bond acceptors (Lipinski definition) is 3. The van der Waals surface area contributed by atoms with Crippen molar-refractivity contribution in [3.8, 4) is 11.1 Å². The number of hydrogen-bond donors (Lipinski definition) is 1. The number of rotatable bonds is 7. The Morgan fingerprint density at radius 1 is 1.17 bits per heavy atom. The average Bonchev–Trinajstić information content (AvgIpc) is 2.78. The Hall–Kier alpha value is -2.92. The van der Waals surface area contributed by atoms with E-state index in [0.29, 0.717) is 32.5 Å². The Bertz CT molecular complexity index is 865. The Morgan fingerprint density at radius 2 is 1.90 bits per heavy atom. The molecule has 0 aliphatic carbocycles. The zero-order valence-corrected chi connectivity index (χ0v) is 16.9. The molecule has 1 N–H and O–H groups in total. The molecule has 1 saturated heterocycles.